The highest BCUT2D eigenvalue weighted by molar-refractivity contribution is 6.28. The molecule has 0 atom stereocenters. The Balaban J connectivity index is 2.02. The molecule has 0 saturated heterocycles. The summed E-state index contributed by atoms with van der Waals surface area (Å²) in [6, 6.07) is 9.15. The molecule has 1 N–H and O–H groups in total. The number of nitrogens with one attached hydrogen (secondary N) is 1. The van der Waals surface area contributed by atoms with Gasteiger partial charge in [-0.05, 0) is 44.5 Å². The molecule has 0 radical (unpaired) electrons. The first kappa shape index (κ1) is 16.2. The summed E-state index contributed by atoms with van der Waals surface area (Å²) in [7, 11) is 0. The topological polar surface area (TPSA) is 81.9 Å². The van der Waals surface area contributed by atoms with E-state index in [1.54, 1.807) is 37.7 Å². The fourth-order valence-corrected chi connectivity index (χ4v) is 2.32. The van der Waals surface area contributed by atoms with E-state index in [-0.39, 0.29) is 5.28 Å². The van der Waals surface area contributed by atoms with Crippen molar-refractivity contribution in [2.24, 2.45) is 0 Å². The number of hydrogen-bond acceptors (Lipinski definition) is 5. The van der Waals surface area contributed by atoms with Gasteiger partial charge >= 0.3 is 6.09 Å². The lowest BCUT2D eigenvalue weighted by Crippen LogP contribution is -2.27. The Morgan fingerprint density at radius 2 is 2.00 bits per heavy atom. The monoisotopic (exact) mass is 345 g/mol. The zero-order chi connectivity index (χ0) is 17.3. The Kier molecular flexibility index (Phi) is 4.11. The summed E-state index contributed by atoms with van der Waals surface area (Å²) in [6.45, 7) is 5.39. The van der Waals surface area contributed by atoms with Crippen LogP contribution in [0.4, 0.5) is 10.6 Å². The molecular weight excluding hydrogens is 330 g/mol. The van der Waals surface area contributed by atoms with E-state index in [9.17, 15) is 4.79 Å². The van der Waals surface area contributed by atoms with Crippen molar-refractivity contribution in [1.29, 1.82) is 0 Å². The van der Waals surface area contributed by atoms with Gasteiger partial charge in [-0.2, -0.15) is 4.98 Å². The van der Waals surface area contributed by atoms with E-state index < -0.39 is 11.7 Å². The number of para-hydroxylation sites is 1. The third-order valence-corrected chi connectivity index (χ3v) is 3.22. The van der Waals surface area contributed by atoms with Crippen LogP contribution in [0.2, 0.25) is 5.28 Å². The summed E-state index contributed by atoms with van der Waals surface area (Å²) in [5.41, 5.74) is 0.182. The average Bonchev–Trinajstić information content (AvgIpc) is 2.84. The molecule has 1 aromatic carbocycles. The van der Waals surface area contributed by atoms with Crippen molar-refractivity contribution in [1.82, 2.24) is 19.7 Å². The van der Waals surface area contributed by atoms with Crippen molar-refractivity contribution in [3.63, 3.8) is 0 Å². The number of ether oxygens (including phenoxy) is 1. The highest BCUT2D eigenvalue weighted by Gasteiger charge is 2.19. The standard InChI is InChI=1S/C16H16ClN5O2/c1-16(2,3)24-15(23)20-13-10-6-4-5-7-11(10)22(21-13)12-8-9-18-14(17)19-12/h4-9H,1-3H3,(H,20,21,23). The maximum atomic E-state index is 12.0. The molecule has 0 unspecified atom stereocenters. The Morgan fingerprint density at radius 3 is 2.71 bits per heavy atom. The predicted molar refractivity (Wildman–Crippen MR) is 91.5 cm³/mol. The van der Waals surface area contributed by atoms with Crippen LogP contribution in [0.15, 0.2) is 36.5 Å². The van der Waals surface area contributed by atoms with Gasteiger partial charge in [0.05, 0.1) is 5.52 Å². The minimum atomic E-state index is -0.595. The molecule has 124 valence electrons. The van der Waals surface area contributed by atoms with Crippen LogP contribution in [0.1, 0.15) is 20.8 Å². The van der Waals surface area contributed by atoms with Crippen LogP contribution in [-0.2, 0) is 4.74 Å². The third kappa shape index (κ3) is 3.46. The summed E-state index contributed by atoms with van der Waals surface area (Å²) in [5, 5.41) is 7.98. The van der Waals surface area contributed by atoms with Crippen molar-refractivity contribution >= 4 is 34.4 Å². The Bertz CT molecular complexity index is 901. The largest absolute Gasteiger partial charge is 0.444 e. The normalized spacial score (nSPS) is 11.5. The number of benzene rings is 1. The van der Waals surface area contributed by atoms with Gasteiger partial charge in [0, 0.05) is 17.6 Å². The molecule has 1 amide bonds. The van der Waals surface area contributed by atoms with Crippen LogP contribution in [0.5, 0.6) is 0 Å². The molecule has 0 aliphatic rings. The quantitative estimate of drug-likeness (QED) is 0.714. The van der Waals surface area contributed by atoms with Gasteiger partial charge in [0.15, 0.2) is 11.6 Å². The first-order valence-corrected chi connectivity index (χ1v) is 7.68. The van der Waals surface area contributed by atoms with Crippen LogP contribution in [-0.4, -0.2) is 31.4 Å². The average molecular weight is 346 g/mol. The number of anilines is 1. The molecule has 0 aliphatic carbocycles. The van der Waals surface area contributed by atoms with Crippen molar-refractivity contribution in [3.05, 3.63) is 41.8 Å². The van der Waals surface area contributed by atoms with E-state index in [1.165, 1.54) is 0 Å². The fourth-order valence-electron chi connectivity index (χ4n) is 2.18. The second kappa shape index (κ2) is 6.09. The second-order valence-electron chi connectivity index (χ2n) is 6.09. The lowest BCUT2D eigenvalue weighted by molar-refractivity contribution is 0.0635. The molecule has 2 aromatic heterocycles. The van der Waals surface area contributed by atoms with E-state index >= 15 is 0 Å². The zero-order valence-corrected chi connectivity index (χ0v) is 14.2. The zero-order valence-electron chi connectivity index (χ0n) is 13.4. The van der Waals surface area contributed by atoms with Crippen LogP contribution < -0.4 is 5.32 Å². The maximum Gasteiger partial charge on any atom is 0.413 e. The number of fused-ring (bicyclic) bond motifs is 1. The van der Waals surface area contributed by atoms with E-state index in [2.05, 4.69) is 20.4 Å². The van der Waals surface area contributed by atoms with Gasteiger partial charge in [-0.3, -0.25) is 5.32 Å². The van der Waals surface area contributed by atoms with Gasteiger partial charge < -0.3 is 4.74 Å². The van der Waals surface area contributed by atoms with E-state index in [0.717, 1.165) is 10.9 Å². The van der Waals surface area contributed by atoms with Gasteiger partial charge in [-0.15, -0.1) is 5.10 Å². The van der Waals surface area contributed by atoms with Crippen LogP contribution in [0.3, 0.4) is 0 Å². The summed E-state index contributed by atoms with van der Waals surface area (Å²) in [5.74, 6) is 0.887. The number of halogens is 1. The highest BCUT2D eigenvalue weighted by atomic mass is 35.5. The number of carbonyl (C=O) groups excluding carboxylic acids is 1. The smallest absolute Gasteiger partial charge is 0.413 e. The molecule has 24 heavy (non-hydrogen) atoms. The van der Waals surface area contributed by atoms with E-state index in [0.29, 0.717) is 11.6 Å². The Hall–Kier alpha value is -2.67. The molecule has 0 spiro atoms. The molecular formula is C16H16ClN5O2. The molecule has 2 heterocycles. The highest BCUT2D eigenvalue weighted by Crippen LogP contribution is 2.25. The molecule has 3 rings (SSSR count). The predicted octanol–water partition coefficient (Wildman–Crippen LogP) is 3.82. The van der Waals surface area contributed by atoms with Crippen molar-refractivity contribution in [3.8, 4) is 5.82 Å². The lowest BCUT2D eigenvalue weighted by atomic mass is 10.2. The number of rotatable bonds is 2. The van der Waals surface area contributed by atoms with E-state index in [1.807, 2.05) is 24.3 Å². The van der Waals surface area contributed by atoms with Gasteiger partial charge in [0.2, 0.25) is 5.28 Å². The Labute approximate surface area is 143 Å². The number of hydrogen-bond donors (Lipinski definition) is 1. The van der Waals surface area contributed by atoms with Gasteiger partial charge in [0.25, 0.3) is 0 Å². The molecule has 7 nitrogen and oxygen atoms in total. The molecule has 8 heteroatoms. The summed E-state index contributed by atoms with van der Waals surface area (Å²) >= 11 is 5.86. The number of aromatic nitrogens is 4. The minimum absolute atomic E-state index is 0.119. The van der Waals surface area contributed by atoms with Gasteiger partial charge in [-0.1, -0.05) is 12.1 Å². The van der Waals surface area contributed by atoms with Crippen LogP contribution in [0.25, 0.3) is 16.7 Å². The van der Waals surface area contributed by atoms with Crippen molar-refractivity contribution in [2.75, 3.05) is 5.32 Å². The molecule has 0 bridgehead atoms. The summed E-state index contributed by atoms with van der Waals surface area (Å²) in [6.07, 6.45) is 0.973. The molecule has 0 saturated carbocycles. The van der Waals surface area contributed by atoms with Crippen molar-refractivity contribution in [2.45, 2.75) is 26.4 Å². The lowest BCUT2D eigenvalue weighted by Gasteiger charge is -2.19. The second-order valence-corrected chi connectivity index (χ2v) is 6.43. The SMILES string of the molecule is CC(C)(C)OC(=O)Nc1nn(-c2ccnc(Cl)n2)c2ccccc12. The molecule has 0 aliphatic heterocycles. The first-order valence-electron chi connectivity index (χ1n) is 7.30. The van der Waals surface area contributed by atoms with Gasteiger partial charge in [-0.25, -0.2) is 14.5 Å². The third-order valence-electron chi connectivity index (χ3n) is 3.04. The van der Waals surface area contributed by atoms with Crippen LogP contribution in [0, 0.1) is 0 Å². The first-order chi connectivity index (χ1) is 11.3. The number of nitrogens with zero attached hydrogens (tertiary/aromatic N) is 4. The maximum absolute atomic E-state index is 12.0. The summed E-state index contributed by atoms with van der Waals surface area (Å²) in [4.78, 5) is 20.1. The van der Waals surface area contributed by atoms with Gasteiger partial charge in [0.1, 0.15) is 5.60 Å². The molecule has 0 fully saturated rings. The van der Waals surface area contributed by atoms with Crippen molar-refractivity contribution < 1.29 is 9.53 Å². The molecule has 3 aromatic rings. The minimum Gasteiger partial charge on any atom is -0.444 e. The van der Waals surface area contributed by atoms with Crippen LogP contribution >= 0.6 is 11.6 Å². The number of amides is 1. The Morgan fingerprint density at radius 1 is 1.25 bits per heavy atom. The number of carbonyl (C=O) groups is 1. The fraction of sp³-hybridized carbons (Fsp3) is 0.250. The van der Waals surface area contributed by atoms with E-state index in [4.69, 9.17) is 16.3 Å². The summed E-state index contributed by atoms with van der Waals surface area (Å²) < 4.78 is 6.87.